The number of rotatable bonds is 5. The number of nitrogens with zero attached hydrogens (tertiary/aromatic N) is 3. The van der Waals surface area contributed by atoms with Crippen LogP contribution in [0.4, 0.5) is 5.82 Å². The number of carbonyl (C=O) groups excluding carboxylic acids is 2. The third kappa shape index (κ3) is 5.53. The Morgan fingerprint density at radius 1 is 1.21 bits per heavy atom. The Kier molecular flexibility index (Phi) is 7.05. The normalized spacial score (nSPS) is 25.9. The molecule has 2 fully saturated rings. The van der Waals surface area contributed by atoms with E-state index in [0.29, 0.717) is 24.9 Å². The molecule has 0 aromatic carbocycles. The molecule has 0 bridgehead atoms. The van der Waals surface area contributed by atoms with Gasteiger partial charge >= 0.3 is 0 Å². The first-order chi connectivity index (χ1) is 13.4. The number of likely N-dealkylation sites (tertiary alicyclic amines) is 1. The predicted molar refractivity (Wildman–Crippen MR) is 111 cm³/mol. The van der Waals surface area contributed by atoms with E-state index in [1.54, 1.807) is 0 Å². The summed E-state index contributed by atoms with van der Waals surface area (Å²) < 4.78 is 0. The van der Waals surface area contributed by atoms with Gasteiger partial charge < -0.3 is 10.2 Å². The fraction of sp³-hybridized carbons (Fsp3) is 0.682. The second kappa shape index (κ2) is 9.50. The molecule has 6 nitrogen and oxygen atoms in total. The molecule has 3 rings (SSSR count). The molecule has 1 unspecified atom stereocenters. The van der Waals surface area contributed by atoms with Gasteiger partial charge in [0.15, 0.2) is 0 Å². The number of aryl methyl sites for hydroxylation is 1. The lowest BCUT2D eigenvalue weighted by Crippen LogP contribution is -2.48. The Balaban J connectivity index is 1.50. The largest absolute Gasteiger partial charge is 0.342 e. The maximum Gasteiger partial charge on any atom is 0.236 e. The molecule has 1 atom stereocenters. The van der Waals surface area contributed by atoms with Crippen LogP contribution in [0.15, 0.2) is 18.2 Å². The monoisotopic (exact) mass is 386 g/mol. The van der Waals surface area contributed by atoms with E-state index in [1.165, 1.54) is 12.8 Å². The zero-order valence-electron chi connectivity index (χ0n) is 17.5. The lowest BCUT2D eigenvalue weighted by Gasteiger charge is -2.36. The number of amides is 2. The molecule has 2 heterocycles. The van der Waals surface area contributed by atoms with E-state index < -0.39 is 0 Å². The van der Waals surface area contributed by atoms with Crippen molar-refractivity contribution in [1.82, 2.24) is 14.8 Å². The van der Waals surface area contributed by atoms with Crippen LogP contribution in [0.5, 0.6) is 0 Å². The van der Waals surface area contributed by atoms with Crippen LogP contribution in [0.3, 0.4) is 0 Å². The Labute approximate surface area is 168 Å². The molecule has 1 aromatic rings. The van der Waals surface area contributed by atoms with Gasteiger partial charge in [-0.2, -0.15) is 0 Å². The predicted octanol–water partition coefficient (Wildman–Crippen LogP) is 3.08. The average Bonchev–Trinajstić information content (AvgIpc) is 2.68. The molecule has 2 aliphatic rings. The minimum atomic E-state index is -0.0929. The summed E-state index contributed by atoms with van der Waals surface area (Å²) in [5, 5.41) is 2.93. The second-order valence-corrected chi connectivity index (χ2v) is 8.65. The molecule has 0 radical (unpaired) electrons. The first-order valence-electron chi connectivity index (χ1n) is 10.6. The number of pyridine rings is 1. The van der Waals surface area contributed by atoms with Gasteiger partial charge in [0.1, 0.15) is 5.82 Å². The number of hydrogen-bond donors (Lipinski definition) is 1. The van der Waals surface area contributed by atoms with Gasteiger partial charge in [0, 0.05) is 25.3 Å². The maximum absolute atomic E-state index is 12.8. The molecule has 1 aliphatic carbocycles. The molecule has 1 saturated carbocycles. The summed E-state index contributed by atoms with van der Waals surface area (Å²) in [5.74, 6) is 1.48. The molecular weight excluding hydrogens is 352 g/mol. The fourth-order valence-electron chi connectivity index (χ4n) is 4.39. The smallest absolute Gasteiger partial charge is 0.236 e. The molecule has 0 spiro atoms. The summed E-state index contributed by atoms with van der Waals surface area (Å²) in [6.07, 6.45) is 6.44. The minimum absolute atomic E-state index is 0.00451. The fourth-order valence-corrected chi connectivity index (χ4v) is 4.39. The third-order valence-corrected chi connectivity index (χ3v) is 6.30. The Morgan fingerprint density at radius 2 is 1.96 bits per heavy atom. The van der Waals surface area contributed by atoms with Crippen LogP contribution in [0, 0.1) is 18.8 Å². The van der Waals surface area contributed by atoms with Gasteiger partial charge in [-0.3, -0.25) is 14.5 Å². The van der Waals surface area contributed by atoms with Gasteiger partial charge in [-0.1, -0.05) is 13.0 Å². The quantitative estimate of drug-likeness (QED) is 0.845. The second-order valence-electron chi connectivity index (χ2n) is 8.65. The third-order valence-electron chi connectivity index (χ3n) is 6.30. The summed E-state index contributed by atoms with van der Waals surface area (Å²) in [5.41, 5.74) is 0.883. The van der Waals surface area contributed by atoms with Crippen molar-refractivity contribution in [2.75, 3.05) is 32.0 Å². The SMILES string of the molecule is Cc1cccc(NC(=O)C2CCCN(CC(=O)N(C)C3CCC(C)CC3)C2)n1. The van der Waals surface area contributed by atoms with Crippen molar-refractivity contribution in [3.63, 3.8) is 0 Å². The highest BCUT2D eigenvalue weighted by molar-refractivity contribution is 5.92. The molecule has 2 amide bonds. The van der Waals surface area contributed by atoms with Crippen molar-refractivity contribution in [3.8, 4) is 0 Å². The maximum atomic E-state index is 12.8. The van der Waals surface area contributed by atoms with Gasteiger partial charge in [0.05, 0.1) is 12.5 Å². The highest BCUT2D eigenvalue weighted by Gasteiger charge is 2.30. The van der Waals surface area contributed by atoms with Crippen molar-refractivity contribution in [2.24, 2.45) is 11.8 Å². The van der Waals surface area contributed by atoms with Crippen molar-refractivity contribution >= 4 is 17.6 Å². The highest BCUT2D eigenvalue weighted by atomic mass is 16.2. The lowest BCUT2D eigenvalue weighted by molar-refractivity contribution is -0.135. The number of hydrogen-bond acceptors (Lipinski definition) is 4. The zero-order valence-corrected chi connectivity index (χ0v) is 17.5. The van der Waals surface area contributed by atoms with Gasteiger partial charge in [-0.05, 0) is 70.0 Å². The summed E-state index contributed by atoms with van der Waals surface area (Å²) in [6.45, 7) is 6.14. The van der Waals surface area contributed by atoms with E-state index in [4.69, 9.17) is 0 Å². The van der Waals surface area contributed by atoms with E-state index in [0.717, 1.165) is 43.8 Å². The standard InChI is InChI=1S/C22H34N4O2/c1-16-9-11-19(12-10-16)25(3)21(27)15-26-13-5-7-18(14-26)22(28)24-20-8-4-6-17(2)23-20/h4,6,8,16,18-19H,5,7,9-15H2,1-3H3,(H,23,24,28). The Morgan fingerprint density at radius 3 is 2.68 bits per heavy atom. The summed E-state index contributed by atoms with van der Waals surface area (Å²) in [7, 11) is 1.94. The van der Waals surface area contributed by atoms with Crippen LogP contribution in [-0.4, -0.2) is 59.3 Å². The van der Waals surface area contributed by atoms with Crippen LogP contribution in [-0.2, 0) is 9.59 Å². The van der Waals surface area contributed by atoms with Gasteiger partial charge in [0.25, 0.3) is 0 Å². The van der Waals surface area contributed by atoms with E-state index in [2.05, 4.69) is 22.1 Å². The van der Waals surface area contributed by atoms with Gasteiger partial charge in [-0.15, -0.1) is 0 Å². The van der Waals surface area contributed by atoms with Crippen molar-refractivity contribution in [1.29, 1.82) is 0 Å². The molecule has 154 valence electrons. The van der Waals surface area contributed by atoms with Crippen molar-refractivity contribution in [2.45, 2.75) is 58.4 Å². The molecule has 1 aromatic heterocycles. The first kappa shape index (κ1) is 20.8. The Hall–Kier alpha value is -1.95. The van der Waals surface area contributed by atoms with Gasteiger partial charge in [-0.25, -0.2) is 4.98 Å². The number of likely N-dealkylation sites (N-methyl/N-ethyl adjacent to an activating group) is 1. The number of nitrogens with one attached hydrogen (secondary N) is 1. The van der Waals surface area contributed by atoms with Crippen LogP contribution >= 0.6 is 0 Å². The molecule has 6 heteroatoms. The number of aromatic nitrogens is 1. The highest BCUT2D eigenvalue weighted by Crippen LogP contribution is 2.27. The first-order valence-corrected chi connectivity index (χ1v) is 10.6. The van der Waals surface area contributed by atoms with Crippen molar-refractivity contribution < 1.29 is 9.59 Å². The molecule has 28 heavy (non-hydrogen) atoms. The molecule has 1 aliphatic heterocycles. The lowest BCUT2D eigenvalue weighted by atomic mass is 9.87. The van der Waals surface area contributed by atoms with Gasteiger partial charge in [0.2, 0.25) is 11.8 Å². The molecular formula is C22H34N4O2. The molecule has 1 N–H and O–H groups in total. The van der Waals surface area contributed by atoms with Crippen molar-refractivity contribution in [3.05, 3.63) is 23.9 Å². The number of carbonyl (C=O) groups is 2. The zero-order chi connectivity index (χ0) is 20.1. The Bertz CT molecular complexity index is 685. The number of piperidine rings is 1. The molecule has 1 saturated heterocycles. The van der Waals surface area contributed by atoms with Crippen LogP contribution in [0.1, 0.15) is 51.1 Å². The van der Waals surface area contributed by atoms with Crippen LogP contribution in [0.2, 0.25) is 0 Å². The summed E-state index contributed by atoms with van der Waals surface area (Å²) in [4.78, 5) is 33.9. The van der Waals surface area contributed by atoms with E-state index in [9.17, 15) is 9.59 Å². The van der Waals surface area contributed by atoms with Crippen LogP contribution < -0.4 is 5.32 Å². The van der Waals surface area contributed by atoms with E-state index >= 15 is 0 Å². The topological polar surface area (TPSA) is 65.5 Å². The number of anilines is 1. The van der Waals surface area contributed by atoms with E-state index in [1.807, 2.05) is 37.1 Å². The average molecular weight is 387 g/mol. The summed E-state index contributed by atoms with van der Waals surface area (Å²) >= 11 is 0. The van der Waals surface area contributed by atoms with Crippen LogP contribution in [0.25, 0.3) is 0 Å². The summed E-state index contributed by atoms with van der Waals surface area (Å²) in [6, 6.07) is 5.99. The van der Waals surface area contributed by atoms with E-state index in [-0.39, 0.29) is 17.7 Å². The minimum Gasteiger partial charge on any atom is -0.342 e.